The summed E-state index contributed by atoms with van der Waals surface area (Å²) in [6, 6.07) is 23.1. The molecule has 1 aliphatic rings. The minimum atomic E-state index is 0.104. The van der Waals surface area contributed by atoms with Crippen molar-refractivity contribution in [1.82, 2.24) is 4.98 Å². The van der Waals surface area contributed by atoms with Gasteiger partial charge in [-0.15, -0.1) is 0 Å². The maximum atomic E-state index is 12.7. The van der Waals surface area contributed by atoms with Crippen molar-refractivity contribution in [2.45, 2.75) is 38.6 Å². The number of carbonyl (C=O) groups is 1. The molecule has 4 heteroatoms. The summed E-state index contributed by atoms with van der Waals surface area (Å²) in [5.41, 5.74) is 5.51. The summed E-state index contributed by atoms with van der Waals surface area (Å²) in [6.07, 6.45) is 2.89. The Bertz CT molecular complexity index is 984. The SMILES string of the molecule is C[C@@H]1COCCN1c1ccc([C@@H](C)CC(=O)Cc2ccc(-c3ccccc3)cc2)nc1. The van der Waals surface area contributed by atoms with Crippen molar-refractivity contribution in [3.8, 4) is 11.1 Å². The molecule has 0 N–H and O–H groups in total. The Labute approximate surface area is 184 Å². The van der Waals surface area contributed by atoms with Crippen LogP contribution in [0.1, 0.15) is 37.4 Å². The van der Waals surface area contributed by atoms with E-state index in [9.17, 15) is 4.79 Å². The molecule has 1 aromatic heterocycles. The standard InChI is InChI=1S/C27H30N2O2/c1-20(27-13-12-25(18-28-27)29-14-15-31-19-21(29)2)16-26(30)17-22-8-10-24(11-9-22)23-6-4-3-5-7-23/h3-13,18,20-21H,14-17,19H2,1-2H3/t20-,21+/m0/s1. The van der Waals surface area contributed by atoms with Crippen LogP contribution >= 0.6 is 0 Å². The van der Waals surface area contributed by atoms with Crippen LogP contribution in [0.25, 0.3) is 11.1 Å². The quantitative estimate of drug-likeness (QED) is 0.528. The lowest BCUT2D eigenvalue weighted by molar-refractivity contribution is -0.118. The molecule has 0 saturated carbocycles. The van der Waals surface area contributed by atoms with E-state index in [-0.39, 0.29) is 11.7 Å². The van der Waals surface area contributed by atoms with E-state index in [1.165, 1.54) is 11.1 Å². The lowest BCUT2D eigenvalue weighted by Gasteiger charge is -2.35. The third-order valence-electron chi connectivity index (χ3n) is 5.97. The number of ketones is 1. The summed E-state index contributed by atoms with van der Waals surface area (Å²) in [5.74, 6) is 0.347. The molecule has 1 aliphatic heterocycles. The molecule has 0 amide bonds. The predicted molar refractivity (Wildman–Crippen MR) is 125 cm³/mol. The van der Waals surface area contributed by atoms with Gasteiger partial charge in [0.15, 0.2) is 0 Å². The second-order valence-electron chi connectivity index (χ2n) is 8.44. The topological polar surface area (TPSA) is 42.4 Å². The van der Waals surface area contributed by atoms with Gasteiger partial charge in [-0.2, -0.15) is 0 Å². The maximum Gasteiger partial charge on any atom is 0.137 e. The normalized spacial score (nSPS) is 17.4. The first-order chi connectivity index (χ1) is 15.1. The van der Waals surface area contributed by atoms with Gasteiger partial charge in [0.2, 0.25) is 0 Å². The third kappa shape index (κ3) is 5.39. The average molecular weight is 415 g/mol. The zero-order chi connectivity index (χ0) is 21.6. The van der Waals surface area contributed by atoms with Crippen LogP contribution in [0.2, 0.25) is 0 Å². The number of benzene rings is 2. The first kappa shape index (κ1) is 21.3. The van der Waals surface area contributed by atoms with Crippen LogP contribution in [0.4, 0.5) is 5.69 Å². The van der Waals surface area contributed by atoms with Crippen molar-refractivity contribution in [2.24, 2.45) is 0 Å². The van der Waals surface area contributed by atoms with E-state index in [2.05, 4.69) is 72.3 Å². The zero-order valence-electron chi connectivity index (χ0n) is 18.3. The Morgan fingerprint density at radius 3 is 2.48 bits per heavy atom. The number of Topliss-reactive ketones (excluding diaryl/α,β-unsaturated/α-hetero) is 1. The Balaban J connectivity index is 1.33. The number of aromatic nitrogens is 1. The molecule has 4 rings (SSSR count). The van der Waals surface area contributed by atoms with Gasteiger partial charge in [0.1, 0.15) is 5.78 Å². The fourth-order valence-corrected chi connectivity index (χ4v) is 4.16. The molecular formula is C27H30N2O2. The van der Waals surface area contributed by atoms with E-state index >= 15 is 0 Å². The van der Waals surface area contributed by atoms with Crippen molar-refractivity contribution in [3.63, 3.8) is 0 Å². The summed E-state index contributed by atoms with van der Waals surface area (Å²) in [6.45, 7) is 6.64. The molecule has 2 heterocycles. The predicted octanol–water partition coefficient (Wildman–Crippen LogP) is 5.28. The largest absolute Gasteiger partial charge is 0.377 e. The van der Waals surface area contributed by atoms with Crippen molar-refractivity contribution in [3.05, 3.63) is 84.2 Å². The Hall–Kier alpha value is -2.98. The highest BCUT2D eigenvalue weighted by molar-refractivity contribution is 5.81. The van der Waals surface area contributed by atoms with Crippen LogP contribution < -0.4 is 4.90 Å². The summed E-state index contributed by atoms with van der Waals surface area (Å²) >= 11 is 0. The van der Waals surface area contributed by atoms with Gasteiger partial charge in [0.05, 0.1) is 25.1 Å². The van der Waals surface area contributed by atoms with E-state index in [0.29, 0.717) is 18.9 Å². The number of carbonyl (C=O) groups excluding carboxylic acids is 1. The molecule has 1 fully saturated rings. The van der Waals surface area contributed by atoms with Gasteiger partial charge in [-0.3, -0.25) is 9.78 Å². The number of morpholine rings is 1. The molecule has 31 heavy (non-hydrogen) atoms. The van der Waals surface area contributed by atoms with E-state index in [4.69, 9.17) is 4.74 Å². The summed E-state index contributed by atoms with van der Waals surface area (Å²) in [7, 11) is 0. The van der Waals surface area contributed by atoms with E-state index in [1.807, 2.05) is 24.4 Å². The van der Waals surface area contributed by atoms with Gasteiger partial charge >= 0.3 is 0 Å². The van der Waals surface area contributed by atoms with Crippen molar-refractivity contribution < 1.29 is 9.53 Å². The number of nitrogens with zero attached hydrogens (tertiary/aromatic N) is 2. The highest BCUT2D eigenvalue weighted by Crippen LogP contribution is 2.24. The molecule has 1 saturated heterocycles. The molecule has 0 bridgehead atoms. The fraction of sp³-hybridized carbons (Fsp3) is 0.333. The summed E-state index contributed by atoms with van der Waals surface area (Å²) in [5, 5.41) is 0. The molecule has 0 aliphatic carbocycles. The number of ether oxygens (including phenoxy) is 1. The minimum absolute atomic E-state index is 0.104. The maximum absolute atomic E-state index is 12.7. The second kappa shape index (κ2) is 9.88. The third-order valence-corrected chi connectivity index (χ3v) is 5.97. The van der Waals surface area contributed by atoms with Crippen LogP contribution in [-0.2, 0) is 16.0 Å². The number of hydrogen-bond donors (Lipinski definition) is 0. The van der Waals surface area contributed by atoms with Gasteiger partial charge in [-0.05, 0) is 35.7 Å². The molecular weight excluding hydrogens is 384 g/mol. The molecule has 0 spiro atoms. The van der Waals surface area contributed by atoms with Crippen LogP contribution in [0.3, 0.4) is 0 Å². The van der Waals surface area contributed by atoms with Gasteiger partial charge in [-0.1, -0.05) is 61.5 Å². The second-order valence-corrected chi connectivity index (χ2v) is 8.44. The Morgan fingerprint density at radius 1 is 1.06 bits per heavy atom. The molecule has 3 aromatic rings. The number of rotatable bonds is 7. The Kier molecular flexibility index (Phi) is 6.78. The number of anilines is 1. The molecule has 2 atom stereocenters. The molecule has 0 unspecified atom stereocenters. The van der Waals surface area contributed by atoms with Gasteiger partial charge in [-0.25, -0.2) is 0 Å². The van der Waals surface area contributed by atoms with Crippen molar-refractivity contribution in [2.75, 3.05) is 24.7 Å². The van der Waals surface area contributed by atoms with Crippen LogP contribution in [0.15, 0.2) is 72.9 Å². The minimum Gasteiger partial charge on any atom is -0.377 e. The molecule has 4 nitrogen and oxygen atoms in total. The summed E-state index contributed by atoms with van der Waals surface area (Å²) in [4.78, 5) is 19.6. The lowest BCUT2D eigenvalue weighted by atomic mass is 9.96. The van der Waals surface area contributed by atoms with E-state index in [1.54, 1.807) is 0 Å². The van der Waals surface area contributed by atoms with Gasteiger partial charge in [0.25, 0.3) is 0 Å². The average Bonchev–Trinajstić information content (AvgIpc) is 2.80. The Morgan fingerprint density at radius 2 is 1.81 bits per heavy atom. The fourth-order valence-electron chi connectivity index (χ4n) is 4.16. The van der Waals surface area contributed by atoms with Gasteiger partial charge in [0, 0.05) is 37.0 Å². The first-order valence-corrected chi connectivity index (χ1v) is 11.1. The highest BCUT2D eigenvalue weighted by atomic mass is 16.5. The monoisotopic (exact) mass is 414 g/mol. The summed E-state index contributed by atoms with van der Waals surface area (Å²) < 4.78 is 5.52. The van der Waals surface area contributed by atoms with Crippen LogP contribution in [0.5, 0.6) is 0 Å². The van der Waals surface area contributed by atoms with Gasteiger partial charge < -0.3 is 9.64 Å². The molecule has 2 aromatic carbocycles. The van der Waals surface area contributed by atoms with Crippen LogP contribution in [0, 0.1) is 0 Å². The molecule has 160 valence electrons. The van der Waals surface area contributed by atoms with E-state index in [0.717, 1.165) is 36.7 Å². The van der Waals surface area contributed by atoms with Crippen molar-refractivity contribution >= 4 is 11.5 Å². The number of hydrogen-bond acceptors (Lipinski definition) is 4. The zero-order valence-corrected chi connectivity index (χ0v) is 18.3. The highest BCUT2D eigenvalue weighted by Gasteiger charge is 2.20. The van der Waals surface area contributed by atoms with E-state index < -0.39 is 0 Å². The van der Waals surface area contributed by atoms with Crippen LogP contribution in [-0.4, -0.2) is 36.6 Å². The lowest BCUT2D eigenvalue weighted by Crippen LogP contribution is -2.43. The number of pyridine rings is 1. The smallest absolute Gasteiger partial charge is 0.137 e. The molecule has 0 radical (unpaired) electrons. The first-order valence-electron chi connectivity index (χ1n) is 11.1. The van der Waals surface area contributed by atoms with Crippen molar-refractivity contribution in [1.29, 1.82) is 0 Å².